The van der Waals surface area contributed by atoms with Crippen LogP contribution in [0.2, 0.25) is 0 Å². The summed E-state index contributed by atoms with van der Waals surface area (Å²) in [6.07, 6.45) is 1.92. The molecule has 0 radical (unpaired) electrons. The van der Waals surface area contributed by atoms with Crippen molar-refractivity contribution in [3.63, 3.8) is 0 Å². The van der Waals surface area contributed by atoms with E-state index in [0.717, 1.165) is 28.1 Å². The van der Waals surface area contributed by atoms with Gasteiger partial charge in [-0.2, -0.15) is 0 Å². The molecule has 0 spiro atoms. The Morgan fingerprint density at radius 3 is 2.20 bits per heavy atom. The van der Waals surface area contributed by atoms with E-state index in [1.807, 2.05) is 26.8 Å². The third kappa shape index (κ3) is 4.85. The number of carbonyl (C=O) groups excluding carboxylic acids is 1. The van der Waals surface area contributed by atoms with Crippen LogP contribution in [0.4, 0.5) is 5.69 Å². The van der Waals surface area contributed by atoms with Crippen molar-refractivity contribution in [3.05, 3.63) is 29.3 Å². The quantitative estimate of drug-likeness (QED) is 0.867. The lowest BCUT2D eigenvalue weighted by Gasteiger charge is -2.22. The third-order valence-electron chi connectivity index (χ3n) is 2.75. The molecular weight excluding hydrogens is 276 g/mol. The largest absolute Gasteiger partial charge is 0.355 e. The van der Waals surface area contributed by atoms with E-state index < -0.39 is 10.0 Å². The first-order valence-corrected chi connectivity index (χ1v) is 8.41. The molecular formula is C14H22N2O3S. The van der Waals surface area contributed by atoms with E-state index in [1.165, 1.54) is 0 Å². The van der Waals surface area contributed by atoms with E-state index >= 15 is 0 Å². The molecule has 0 heterocycles. The van der Waals surface area contributed by atoms with E-state index in [9.17, 15) is 13.2 Å². The molecule has 1 aromatic carbocycles. The van der Waals surface area contributed by atoms with Crippen molar-refractivity contribution in [3.8, 4) is 0 Å². The summed E-state index contributed by atoms with van der Waals surface area (Å²) in [5, 5.41) is 2.69. The first-order chi connectivity index (χ1) is 9.24. The molecule has 5 nitrogen and oxygen atoms in total. The Morgan fingerprint density at radius 2 is 1.75 bits per heavy atom. The van der Waals surface area contributed by atoms with Crippen LogP contribution in [0.3, 0.4) is 0 Å². The molecule has 0 aliphatic rings. The second-order valence-corrected chi connectivity index (χ2v) is 6.87. The minimum absolute atomic E-state index is 0.193. The summed E-state index contributed by atoms with van der Waals surface area (Å²) in [7, 11) is -3.50. The molecule has 1 rings (SSSR count). The molecule has 0 aromatic heterocycles. The Balaban J connectivity index is 3.04. The van der Waals surface area contributed by atoms with Gasteiger partial charge in [-0.05, 0) is 43.5 Å². The van der Waals surface area contributed by atoms with Gasteiger partial charge in [0.05, 0.1) is 11.9 Å². The van der Waals surface area contributed by atoms with Crippen molar-refractivity contribution >= 4 is 21.6 Å². The summed E-state index contributed by atoms with van der Waals surface area (Å²) in [5.74, 6) is -0.295. The molecule has 20 heavy (non-hydrogen) atoms. The van der Waals surface area contributed by atoms with Gasteiger partial charge in [0.15, 0.2) is 0 Å². The maximum Gasteiger partial charge on any atom is 0.240 e. The molecule has 0 bridgehead atoms. The monoisotopic (exact) mass is 298 g/mol. The highest BCUT2D eigenvalue weighted by Crippen LogP contribution is 2.20. The van der Waals surface area contributed by atoms with E-state index in [2.05, 4.69) is 5.32 Å². The third-order valence-corrected chi connectivity index (χ3v) is 3.89. The Hall–Kier alpha value is -1.56. The molecule has 0 saturated heterocycles. The molecule has 0 atom stereocenters. The highest BCUT2D eigenvalue weighted by Gasteiger charge is 2.20. The van der Waals surface area contributed by atoms with Crippen LogP contribution in [0.1, 0.15) is 24.5 Å². The van der Waals surface area contributed by atoms with Gasteiger partial charge in [0, 0.05) is 6.54 Å². The number of hydrogen-bond acceptors (Lipinski definition) is 3. The van der Waals surface area contributed by atoms with Gasteiger partial charge >= 0.3 is 0 Å². The normalized spacial score (nSPS) is 11.2. The fraction of sp³-hybridized carbons (Fsp3) is 0.500. The van der Waals surface area contributed by atoms with Crippen LogP contribution in [-0.2, 0) is 14.8 Å². The number of anilines is 1. The highest BCUT2D eigenvalue weighted by molar-refractivity contribution is 7.92. The van der Waals surface area contributed by atoms with Gasteiger partial charge in [0.2, 0.25) is 15.9 Å². The van der Waals surface area contributed by atoms with Gasteiger partial charge in [0.25, 0.3) is 0 Å². The first-order valence-electron chi connectivity index (χ1n) is 6.56. The van der Waals surface area contributed by atoms with Crippen LogP contribution in [-0.4, -0.2) is 33.7 Å². The fourth-order valence-electron chi connectivity index (χ4n) is 1.95. The van der Waals surface area contributed by atoms with Crippen molar-refractivity contribution in [1.82, 2.24) is 5.32 Å². The van der Waals surface area contributed by atoms with Crippen molar-refractivity contribution < 1.29 is 13.2 Å². The maximum absolute atomic E-state index is 11.9. The van der Waals surface area contributed by atoms with Gasteiger partial charge in [-0.15, -0.1) is 0 Å². The van der Waals surface area contributed by atoms with Crippen LogP contribution >= 0.6 is 0 Å². The Bertz CT molecular complexity index is 562. The molecule has 6 heteroatoms. The molecule has 1 aromatic rings. The number of carbonyl (C=O) groups is 1. The predicted octanol–water partition coefficient (Wildman–Crippen LogP) is 1.60. The van der Waals surface area contributed by atoms with Gasteiger partial charge in [-0.3, -0.25) is 9.10 Å². The number of amides is 1. The fourth-order valence-corrected chi connectivity index (χ4v) is 2.79. The Morgan fingerprint density at radius 1 is 1.20 bits per heavy atom. The summed E-state index contributed by atoms with van der Waals surface area (Å²) in [6.45, 7) is 6.09. The summed E-state index contributed by atoms with van der Waals surface area (Å²) in [6, 6.07) is 5.49. The van der Waals surface area contributed by atoms with Crippen molar-refractivity contribution in [2.75, 3.05) is 23.7 Å². The minimum atomic E-state index is -3.50. The lowest BCUT2D eigenvalue weighted by molar-refractivity contribution is -0.119. The molecule has 0 aliphatic heterocycles. The highest BCUT2D eigenvalue weighted by atomic mass is 32.2. The second-order valence-electron chi connectivity index (χ2n) is 4.97. The van der Waals surface area contributed by atoms with Crippen molar-refractivity contribution in [2.45, 2.75) is 27.2 Å². The number of hydrogen-bond donors (Lipinski definition) is 1. The molecule has 1 amide bonds. The average Bonchev–Trinajstić information content (AvgIpc) is 2.30. The topological polar surface area (TPSA) is 66.5 Å². The van der Waals surface area contributed by atoms with Crippen molar-refractivity contribution in [1.29, 1.82) is 0 Å². The Kier molecular flexibility index (Phi) is 5.56. The zero-order valence-electron chi connectivity index (χ0n) is 12.4. The molecule has 0 aliphatic carbocycles. The molecule has 0 fully saturated rings. The summed E-state index contributed by atoms with van der Waals surface area (Å²) < 4.78 is 25.0. The summed E-state index contributed by atoms with van der Waals surface area (Å²) in [4.78, 5) is 11.8. The van der Waals surface area contributed by atoms with Gasteiger partial charge in [-0.1, -0.05) is 13.0 Å². The van der Waals surface area contributed by atoms with E-state index in [0.29, 0.717) is 12.2 Å². The second kappa shape index (κ2) is 6.74. The average molecular weight is 298 g/mol. The number of nitrogens with one attached hydrogen (secondary N) is 1. The van der Waals surface area contributed by atoms with E-state index in [-0.39, 0.29) is 12.5 Å². The standard InChI is InChI=1S/C14H22N2O3S/c1-5-6-15-14(17)10-16(20(4,18)19)13-8-11(2)7-12(3)9-13/h7-9H,5-6,10H2,1-4H3,(H,15,17). The van der Waals surface area contributed by atoms with Crippen molar-refractivity contribution in [2.24, 2.45) is 0 Å². The first kappa shape index (κ1) is 16.5. The molecule has 0 saturated carbocycles. The summed E-state index contributed by atoms with van der Waals surface area (Å²) >= 11 is 0. The number of aryl methyl sites for hydroxylation is 2. The van der Waals surface area contributed by atoms with Crippen LogP contribution in [0.5, 0.6) is 0 Å². The molecule has 0 unspecified atom stereocenters. The lowest BCUT2D eigenvalue weighted by Crippen LogP contribution is -2.40. The zero-order chi connectivity index (χ0) is 15.3. The number of benzene rings is 1. The minimum Gasteiger partial charge on any atom is -0.355 e. The van der Waals surface area contributed by atoms with Crippen LogP contribution < -0.4 is 9.62 Å². The van der Waals surface area contributed by atoms with Crippen LogP contribution in [0.25, 0.3) is 0 Å². The summed E-state index contributed by atoms with van der Waals surface area (Å²) in [5.41, 5.74) is 2.45. The van der Waals surface area contributed by atoms with Gasteiger partial charge in [0.1, 0.15) is 6.54 Å². The van der Waals surface area contributed by atoms with Gasteiger partial charge in [-0.25, -0.2) is 8.42 Å². The van der Waals surface area contributed by atoms with E-state index in [1.54, 1.807) is 12.1 Å². The zero-order valence-corrected chi connectivity index (χ0v) is 13.3. The maximum atomic E-state index is 11.9. The molecule has 1 N–H and O–H groups in total. The smallest absolute Gasteiger partial charge is 0.240 e. The Labute approximate surface area is 121 Å². The lowest BCUT2D eigenvalue weighted by atomic mass is 10.1. The predicted molar refractivity (Wildman–Crippen MR) is 81.4 cm³/mol. The number of rotatable bonds is 6. The number of sulfonamides is 1. The number of nitrogens with zero attached hydrogens (tertiary/aromatic N) is 1. The molecule has 112 valence electrons. The van der Waals surface area contributed by atoms with E-state index in [4.69, 9.17) is 0 Å². The SMILES string of the molecule is CCCNC(=O)CN(c1cc(C)cc(C)c1)S(C)(=O)=O. The van der Waals surface area contributed by atoms with Gasteiger partial charge < -0.3 is 5.32 Å². The van der Waals surface area contributed by atoms with Crippen LogP contribution in [0, 0.1) is 13.8 Å². The van der Waals surface area contributed by atoms with Crippen LogP contribution in [0.15, 0.2) is 18.2 Å².